The van der Waals surface area contributed by atoms with Gasteiger partial charge in [-0.1, -0.05) is 6.07 Å². The molecule has 0 radical (unpaired) electrons. The number of carboxylic acid groups (broad SMARTS) is 1. The number of carboxylic acids is 1. The van der Waals surface area contributed by atoms with Gasteiger partial charge in [0.25, 0.3) is 0 Å². The number of anilines is 1. The van der Waals surface area contributed by atoms with Gasteiger partial charge in [0.1, 0.15) is 0 Å². The number of fused-ring (bicyclic) bond motifs is 1. The fourth-order valence-electron chi connectivity index (χ4n) is 2.21. The van der Waals surface area contributed by atoms with Crippen LogP contribution in [0.15, 0.2) is 18.2 Å². The average Bonchev–Trinajstić information content (AvgIpc) is 2.87. The molecule has 1 aliphatic rings. The van der Waals surface area contributed by atoms with Gasteiger partial charge >= 0.3 is 12.0 Å². The van der Waals surface area contributed by atoms with E-state index >= 15 is 0 Å². The third-order valence-electron chi connectivity index (χ3n) is 3.69. The maximum atomic E-state index is 12.4. The van der Waals surface area contributed by atoms with Crippen LogP contribution in [0.4, 0.5) is 10.5 Å². The maximum absolute atomic E-state index is 12.4. The molecule has 6 nitrogen and oxygen atoms in total. The quantitative estimate of drug-likeness (QED) is 0.870. The first-order valence-electron chi connectivity index (χ1n) is 6.47. The molecule has 2 rings (SSSR count). The standard InChI is InChI=1S/C14H18N2O4/c1-9(8-17)15(2)14(20)16-6-5-10-3-4-11(13(18)19)7-12(10)16/h3-4,7,9,17H,5-6,8H2,1-2H3,(H,18,19). The molecule has 2 amide bonds. The van der Waals surface area contributed by atoms with E-state index in [0.29, 0.717) is 18.7 Å². The van der Waals surface area contributed by atoms with Crippen LogP contribution < -0.4 is 4.90 Å². The van der Waals surface area contributed by atoms with E-state index in [4.69, 9.17) is 10.2 Å². The van der Waals surface area contributed by atoms with Crippen molar-refractivity contribution in [2.75, 3.05) is 25.1 Å². The van der Waals surface area contributed by atoms with Gasteiger partial charge in [-0.2, -0.15) is 0 Å². The summed E-state index contributed by atoms with van der Waals surface area (Å²) in [7, 11) is 1.63. The number of aliphatic hydroxyl groups is 1. The summed E-state index contributed by atoms with van der Waals surface area (Å²) in [4.78, 5) is 26.4. The second-order valence-corrected chi connectivity index (χ2v) is 4.98. The predicted molar refractivity (Wildman–Crippen MR) is 74.2 cm³/mol. The van der Waals surface area contributed by atoms with E-state index in [-0.39, 0.29) is 24.2 Å². The predicted octanol–water partition coefficient (Wildman–Crippen LogP) is 1.18. The number of hydrogen-bond donors (Lipinski definition) is 2. The lowest BCUT2D eigenvalue weighted by Crippen LogP contribution is -2.45. The van der Waals surface area contributed by atoms with Gasteiger partial charge in [0.2, 0.25) is 0 Å². The van der Waals surface area contributed by atoms with E-state index in [1.807, 2.05) is 0 Å². The van der Waals surface area contributed by atoms with Crippen LogP contribution in [-0.4, -0.2) is 53.4 Å². The van der Waals surface area contributed by atoms with Gasteiger partial charge in [-0.25, -0.2) is 9.59 Å². The van der Waals surface area contributed by atoms with Crippen LogP contribution in [0.25, 0.3) is 0 Å². The Hall–Kier alpha value is -2.08. The van der Waals surface area contributed by atoms with E-state index in [0.717, 1.165) is 5.56 Å². The van der Waals surface area contributed by atoms with Crippen molar-refractivity contribution in [1.29, 1.82) is 0 Å². The average molecular weight is 278 g/mol. The molecule has 0 spiro atoms. The molecule has 1 aromatic carbocycles. The van der Waals surface area contributed by atoms with Crippen LogP contribution in [0.3, 0.4) is 0 Å². The van der Waals surface area contributed by atoms with E-state index in [9.17, 15) is 9.59 Å². The van der Waals surface area contributed by atoms with Crippen molar-refractivity contribution in [1.82, 2.24) is 4.90 Å². The second-order valence-electron chi connectivity index (χ2n) is 4.98. The number of aromatic carboxylic acids is 1. The van der Waals surface area contributed by atoms with Gasteiger partial charge in [0, 0.05) is 19.3 Å². The third kappa shape index (κ3) is 2.46. The van der Waals surface area contributed by atoms with Gasteiger partial charge in [-0.05, 0) is 31.0 Å². The molecule has 20 heavy (non-hydrogen) atoms. The molecule has 2 N–H and O–H groups in total. The molecule has 0 aromatic heterocycles. The summed E-state index contributed by atoms with van der Waals surface area (Å²) in [5, 5.41) is 18.1. The Balaban J connectivity index is 2.28. The fourth-order valence-corrected chi connectivity index (χ4v) is 2.21. The third-order valence-corrected chi connectivity index (χ3v) is 3.69. The zero-order chi connectivity index (χ0) is 14.9. The van der Waals surface area contributed by atoms with E-state index in [1.165, 1.54) is 11.0 Å². The molecular formula is C14H18N2O4. The second kappa shape index (κ2) is 5.50. The number of nitrogens with zero attached hydrogens (tertiary/aromatic N) is 2. The van der Waals surface area contributed by atoms with Crippen molar-refractivity contribution < 1.29 is 19.8 Å². The number of hydrogen-bond acceptors (Lipinski definition) is 3. The zero-order valence-electron chi connectivity index (χ0n) is 11.5. The number of aliphatic hydroxyl groups excluding tert-OH is 1. The molecule has 1 aromatic rings. The van der Waals surface area contributed by atoms with Crippen molar-refractivity contribution in [3.63, 3.8) is 0 Å². The highest BCUT2D eigenvalue weighted by atomic mass is 16.4. The summed E-state index contributed by atoms with van der Waals surface area (Å²) in [6.07, 6.45) is 0.711. The Labute approximate surface area is 117 Å². The molecule has 1 unspecified atom stereocenters. The molecule has 0 bridgehead atoms. The van der Waals surface area contributed by atoms with Crippen LogP contribution >= 0.6 is 0 Å². The van der Waals surface area contributed by atoms with Gasteiger partial charge in [-0.3, -0.25) is 4.90 Å². The van der Waals surface area contributed by atoms with Crippen molar-refractivity contribution >= 4 is 17.7 Å². The van der Waals surface area contributed by atoms with Crippen LogP contribution in [-0.2, 0) is 6.42 Å². The highest BCUT2D eigenvalue weighted by Crippen LogP contribution is 2.30. The first-order chi connectivity index (χ1) is 9.45. The lowest BCUT2D eigenvalue weighted by molar-refractivity contribution is 0.0697. The number of urea groups is 1. The summed E-state index contributed by atoms with van der Waals surface area (Å²) in [5.41, 5.74) is 1.78. The summed E-state index contributed by atoms with van der Waals surface area (Å²) in [5.74, 6) is -1.01. The number of carbonyl (C=O) groups excluding carboxylic acids is 1. The van der Waals surface area contributed by atoms with Crippen molar-refractivity contribution in [2.45, 2.75) is 19.4 Å². The lowest BCUT2D eigenvalue weighted by atomic mass is 10.1. The molecule has 0 saturated heterocycles. The first kappa shape index (κ1) is 14.3. The van der Waals surface area contributed by atoms with Crippen LogP contribution in [0, 0.1) is 0 Å². The van der Waals surface area contributed by atoms with Crippen molar-refractivity contribution in [2.24, 2.45) is 0 Å². The molecular weight excluding hydrogens is 260 g/mol. The van der Waals surface area contributed by atoms with E-state index in [2.05, 4.69) is 0 Å². The molecule has 1 atom stereocenters. The molecule has 6 heteroatoms. The Morgan fingerprint density at radius 3 is 2.75 bits per heavy atom. The highest BCUT2D eigenvalue weighted by molar-refractivity contribution is 5.97. The number of rotatable bonds is 3. The van der Waals surface area contributed by atoms with Gasteiger partial charge in [0.05, 0.1) is 18.2 Å². The minimum Gasteiger partial charge on any atom is -0.478 e. The lowest BCUT2D eigenvalue weighted by Gasteiger charge is -2.29. The molecule has 108 valence electrons. The first-order valence-corrected chi connectivity index (χ1v) is 6.47. The molecule has 0 fully saturated rings. The van der Waals surface area contributed by atoms with Crippen LogP contribution in [0.1, 0.15) is 22.8 Å². The van der Waals surface area contributed by atoms with Gasteiger partial charge in [0.15, 0.2) is 0 Å². The van der Waals surface area contributed by atoms with Crippen LogP contribution in [0.2, 0.25) is 0 Å². The van der Waals surface area contributed by atoms with Crippen LogP contribution in [0.5, 0.6) is 0 Å². The summed E-state index contributed by atoms with van der Waals surface area (Å²) >= 11 is 0. The van der Waals surface area contributed by atoms with Crippen molar-refractivity contribution in [3.8, 4) is 0 Å². The molecule has 0 saturated carbocycles. The Morgan fingerprint density at radius 2 is 2.15 bits per heavy atom. The number of likely N-dealkylation sites (N-methyl/N-ethyl adjacent to an activating group) is 1. The Bertz CT molecular complexity index is 544. The summed E-state index contributed by atoms with van der Waals surface area (Å²) in [6, 6.07) is 4.32. The maximum Gasteiger partial charge on any atom is 0.335 e. The SMILES string of the molecule is CC(CO)N(C)C(=O)N1CCc2ccc(C(=O)O)cc21. The van der Waals surface area contributed by atoms with E-state index < -0.39 is 5.97 Å². The summed E-state index contributed by atoms with van der Waals surface area (Å²) in [6.45, 7) is 2.17. The minimum absolute atomic E-state index is 0.113. The van der Waals surface area contributed by atoms with Crippen molar-refractivity contribution in [3.05, 3.63) is 29.3 Å². The number of carbonyl (C=O) groups is 2. The van der Waals surface area contributed by atoms with E-state index in [1.54, 1.807) is 31.0 Å². The Morgan fingerprint density at radius 1 is 1.45 bits per heavy atom. The topological polar surface area (TPSA) is 81.1 Å². The van der Waals surface area contributed by atoms with Gasteiger partial charge < -0.3 is 15.1 Å². The minimum atomic E-state index is -1.01. The molecule has 1 heterocycles. The largest absolute Gasteiger partial charge is 0.478 e. The number of amides is 2. The fraction of sp³-hybridized carbons (Fsp3) is 0.429. The monoisotopic (exact) mass is 278 g/mol. The smallest absolute Gasteiger partial charge is 0.335 e. The summed E-state index contributed by atoms with van der Waals surface area (Å²) < 4.78 is 0. The van der Waals surface area contributed by atoms with Gasteiger partial charge in [-0.15, -0.1) is 0 Å². The Kier molecular flexibility index (Phi) is 3.94. The normalized spacial score (nSPS) is 14.8. The molecule has 0 aliphatic carbocycles. The molecule has 1 aliphatic heterocycles. The zero-order valence-corrected chi connectivity index (χ0v) is 11.5. The highest BCUT2D eigenvalue weighted by Gasteiger charge is 2.29. The number of benzene rings is 1.